The number of aliphatic carboxylic acids is 1. The Morgan fingerprint density at radius 2 is 1.89 bits per heavy atom. The third-order valence-electron chi connectivity index (χ3n) is 5.10. The molecule has 0 spiro atoms. The highest BCUT2D eigenvalue weighted by Crippen LogP contribution is 2.34. The molecule has 0 aromatic carbocycles. The average molecular weight is 397 g/mol. The number of carbonyl (C=O) groups is 2. The second kappa shape index (κ2) is 8.27. The molecule has 156 valence electrons. The van der Waals surface area contributed by atoms with Crippen molar-refractivity contribution in [2.45, 2.75) is 58.3 Å². The number of aromatic amines is 1. The molecule has 28 heavy (non-hydrogen) atoms. The van der Waals surface area contributed by atoms with Gasteiger partial charge in [0, 0.05) is 30.6 Å². The molecule has 0 radical (unpaired) electrons. The molecule has 1 aromatic rings. The van der Waals surface area contributed by atoms with E-state index < -0.39 is 46.8 Å². The normalized spacial score (nSPS) is 24.9. The van der Waals surface area contributed by atoms with E-state index in [1.54, 1.807) is 13.8 Å². The van der Waals surface area contributed by atoms with Crippen molar-refractivity contribution in [2.24, 2.45) is 11.3 Å². The summed E-state index contributed by atoms with van der Waals surface area (Å²) in [7, 11) is 0. The van der Waals surface area contributed by atoms with Crippen LogP contribution in [0.15, 0.2) is 15.8 Å². The van der Waals surface area contributed by atoms with Gasteiger partial charge in [-0.15, -0.1) is 0 Å². The maximum Gasteiger partial charge on any atom is 0.328 e. The number of hydrogen-bond acceptors (Lipinski definition) is 6. The number of nitrogens with zero attached hydrogens (tertiary/aromatic N) is 1. The molecule has 0 bridgehead atoms. The first-order valence-electron chi connectivity index (χ1n) is 9.08. The number of carboxylic acids is 1. The minimum absolute atomic E-state index is 0.00662. The summed E-state index contributed by atoms with van der Waals surface area (Å²) < 4.78 is 1.20. The number of H-pyrrole nitrogens is 1. The predicted octanol–water partition coefficient (Wildman–Crippen LogP) is -0.865. The van der Waals surface area contributed by atoms with Crippen molar-refractivity contribution >= 4 is 11.9 Å². The minimum atomic E-state index is -1.23. The quantitative estimate of drug-likeness (QED) is 0.400. The van der Waals surface area contributed by atoms with Gasteiger partial charge in [0.2, 0.25) is 5.91 Å². The van der Waals surface area contributed by atoms with Gasteiger partial charge in [-0.2, -0.15) is 0 Å². The summed E-state index contributed by atoms with van der Waals surface area (Å²) >= 11 is 0. The Hall–Kier alpha value is -2.46. The van der Waals surface area contributed by atoms with Crippen LogP contribution in [-0.2, 0) is 9.59 Å². The number of hydrogen-bond donors (Lipinski definition) is 5. The second-order valence-corrected chi connectivity index (χ2v) is 8.24. The van der Waals surface area contributed by atoms with Crippen LogP contribution in [0.1, 0.15) is 44.7 Å². The highest BCUT2D eigenvalue weighted by molar-refractivity contribution is 5.77. The molecule has 4 atom stereocenters. The van der Waals surface area contributed by atoms with Gasteiger partial charge in [-0.05, 0) is 18.8 Å². The number of aryl methyl sites for hydroxylation is 1. The smallest absolute Gasteiger partial charge is 0.328 e. The highest BCUT2D eigenvalue weighted by Gasteiger charge is 2.43. The van der Waals surface area contributed by atoms with Crippen LogP contribution < -0.4 is 16.6 Å². The van der Waals surface area contributed by atoms with Gasteiger partial charge < -0.3 is 20.6 Å². The van der Waals surface area contributed by atoms with Gasteiger partial charge in [-0.1, -0.05) is 13.8 Å². The molecule has 1 aliphatic carbocycles. The fraction of sp³-hybridized carbons (Fsp3) is 0.667. The fourth-order valence-corrected chi connectivity index (χ4v) is 3.62. The molecule has 1 aliphatic rings. The Labute approximate surface area is 161 Å². The van der Waals surface area contributed by atoms with Crippen molar-refractivity contribution in [1.82, 2.24) is 14.9 Å². The standard InChI is InChI=1S/C18H27N3O7/c1-9-8-21(17(28)20-16(9)27)11-4-10(14(25)15(11)26)7-19-12(22)5-18(2,3)6-13(23)24/h8,10-11,14-15,25-26H,4-7H2,1-3H3,(H,19,22)(H,23,24)(H,20,27,28)/t10-,11+,14+,15+/m0/s1. The zero-order valence-corrected chi connectivity index (χ0v) is 16.1. The highest BCUT2D eigenvalue weighted by atomic mass is 16.4. The number of aromatic nitrogens is 2. The molecule has 0 unspecified atom stereocenters. The van der Waals surface area contributed by atoms with Crippen molar-refractivity contribution in [3.05, 3.63) is 32.6 Å². The molecular formula is C18H27N3O7. The molecule has 0 saturated heterocycles. The molecule has 2 rings (SSSR count). The van der Waals surface area contributed by atoms with Crippen molar-refractivity contribution in [1.29, 1.82) is 0 Å². The first-order chi connectivity index (χ1) is 12.9. The number of aliphatic hydroxyl groups excluding tert-OH is 2. The summed E-state index contributed by atoms with van der Waals surface area (Å²) in [5.74, 6) is -1.84. The average Bonchev–Trinajstić information content (AvgIpc) is 2.82. The molecule has 1 amide bonds. The summed E-state index contributed by atoms with van der Waals surface area (Å²) in [4.78, 5) is 48.7. The van der Waals surface area contributed by atoms with Crippen LogP contribution in [0, 0.1) is 18.3 Å². The van der Waals surface area contributed by atoms with E-state index in [1.807, 2.05) is 0 Å². The predicted molar refractivity (Wildman–Crippen MR) is 98.9 cm³/mol. The van der Waals surface area contributed by atoms with Crippen molar-refractivity contribution < 1.29 is 24.9 Å². The third kappa shape index (κ3) is 5.08. The molecule has 10 heteroatoms. The maximum absolute atomic E-state index is 12.1. The second-order valence-electron chi connectivity index (χ2n) is 8.24. The number of carbonyl (C=O) groups excluding carboxylic acids is 1. The van der Waals surface area contributed by atoms with Gasteiger partial charge >= 0.3 is 11.7 Å². The zero-order valence-electron chi connectivity index (χ0n) is 16.1. The fourth-order valence-electron chi connectivity index (χ4n) is 3.62. The summed E-state index contributed by atoms with van der Waals surface area (Å²) in [5.41, 5.74) is -1.60. The van der Waals surface area contributed by atoms with Crippen LogP contribution in [-0.4, -0.2) is 55.5 Å². The summed E-state index contributed by atoms with van der Waals surface area (Å²) in [6, 6.07) is -0.733. The monoisotopic (exact) mass is 397 g/mol. The summed E-state index contributed by atoms with van der Waals surface area (Å²) in [6.07, 6.45) is -0.956. The first-order valence-corrected chi connectivity index (χ1v) is 9.08. The van der Waals surface area contributed by atoms with E-state index in [1.165, 1.54) is 17.7 Å². The molecule has 1 heterocycles. The SMILES string of the molecule is Cc1cn([C@@H]2C[C@@H](CNC(=O)CC(C)(C)CC(=O)O)[C@@H](O)[C@@H]2O)c(=O)[nH]c1=O. The van der Waals surface area contributed by atoms with Gasteiger partial charge in [0.25, 0.3) is 5.56 Å². The van der Waals surface area contributed by atoms with Crippen molar-refractivity contribution in [3.8, 4) is 0 Å². The molecular weight excluding hydrogens is 370 g/mol. The number of rotatable bonds is 7. The number of carboxylic acid groups (broad SMARTS) is 1. The Morgan fingerprint density at radius 1 is 1.25 bits per heavy atom. The van der Waals surface area contributed by atoms with Gasteiger partial charge in [-0.3, -0.25) is 23.9 Å². The summed E-state index contributed by atoms with van der Waals surface area (Å²) in [5, 5.41) is 32.2. The molecule has 0 aliphatic heterocycles. The zero-order chi connectivity index (χ0) is 21.2. The van der Waals surface area contributed by atoms with E-state index >= 15 is 0 Å². The van der Waals surface area contributed by atoms with Crippen molar-refractivity contribution in [3.63, 3.8) is 0 Å². The molecule has 10 nitrogen and oxygen atoms in total. The molecule has 1 aromatic heterocycles. The van der Waals surface area contributed by atoms with E-state index in [2.05, 4.69) is 10.3 Å². The van der Waals surface area contributed by atoms with E-state index in [9.17, 15) is 29.4 Å². The van der Waals surface area contributed by atoms with Gasteiger partial charge in [-0.25, -0.2) is 4.79 Å². The topological polar surface area (TPSA) is 162 Å². The Bertz CT molecular complexity index is 857. The van der Waals surface area contributed by atoms with Crippen LogP contribution in [0.25, 0.3) is 0 Å². The van der Waals surface area contributed by atoms with Crippen LogP contribution in [0.2, 0.25) is 0 Å². The number of nitrogens with one attached hydrogen (secondary N) is 2. The van der Waals surface area contributed by atoms with Crippen LogP contribution in [0.4, 0.5) is 0 Å². The Kier molecular flexibility index (Phi) is 6.45. The Balaban J connectivity index is 2.02. The van der Waals surface area contributed by atoms with Crippen molar-refractivity contribution in [2.75, 3.05) is 6.54 Å². The third-order valence-corrected chi connectivity index (χ3v) is 5.10. The van der Waals surface area contributed by atoms with E-state index in [0.717, 1.165) is 0 Å². The Morgan fingerprint density at radius 3 is 2.50 bits per heavy atom. The van der Waals surface area contributed by atoms with Gasteiger partial charge in [0.1, 0.15) is 6.10 Å². The lowest BCUT2D eigenvalue weighted by molar-refractivity contribution is -0.139. The lowest BCUT2D eigenvalue weighted by Gasteiger charge is -2.22. The molecule has 5 N–H and O–H groups in total. The van der Waals surface area contributed by atoms with E-state index in [-0.39, 0.29) is 31.7 Å². The van der Waals surface area contributed by atoms with E-state index in [0.29, 0.717) is 5.56 Å². The lowest BCUT2D eigenvalue weighted by atomic mass is 9.85. The van der Waals surface area contributed by atoms with Crippen LogP contribution in [0.5, 0.6) is 0 Å². The molecule has 1 fully saturated rings. The minimum Gasteiger partial charge on any atom is -0.481 e. The largest absolute Gasteiger partial charge is 0.481 e. The summed E-state index contributed by atoms with van der Waals surface area (Å²) in [6.45, 7) is 4.96. The number of aliphatic hydroxyl groups is 2. The van der Waals surface area contributed by atoms with Gasteiger partial charge in [0.05, 0.1) is 18.6 Å². The first kappa shape index (κ1) is 21.8. The molecule has 1 saturated carbocycles. The van der Waals surface area contributed by atoms with Gasteiger partial charge in [0.15, 0.2) is 0 Å². The lowest BCUT2D eigenvalue weighted by Crippen LogP contribution is -2.39. The maximum atomic E-state index is 12.1. The van der Waals surface area contributed by atoms with Crippen LogP contribution >= 0.6 is 0 Å². The number of amides is 1. The van der Waals surface area contributed by atoms with Crippen LogP contribution in [0.3, 0.4) is 0 Å². The van der Waals surface area contributed by atoms with E-state index in [4.69, 9.17) is 5.11 Å².